The van der Waals surface area contributed by atoms with Crippen LogP contribution in [-0.2, 0) is 26.6 Å². The summed E-state index contributed by atoms with van der Waals surface area (Å²) in [5.74, 6) is -1.11. The zero-order valence-corrected chi connectivity index (χ0v) is 20.7. The van der Waals surface area contributed by atoms with Gasteiger partial charge in [0, 0.05) is 17.7 Å². The number of hydrogen-bond donors (Lipinski definition) is 2. The first-order chi connectivity index (χ1) is 16.2. The molecule has 2 atom stereocenters. The highest BCUT2D eigenvalue weighted by Crippen LogP contribution is 2.24. The van der Waals surface area contributed by atoms with Crippen LogP contribution in [0.25, 0.3) is 10.9 Å². The molecule has 3 aromatic rings. The van der Waals surface area contributed by atoms with Crippen LogP contribution in [0.4, 0.5) is 0 Å². The molecule has 0 aliphatic heterocycles. The summed E-state index contributed by atoms with van der Waals surface area (Å²) in [5, 5.41) is 3.06. The Morgan fingerprint density at radius 2 is 1.76 bits per heavy atom. The maximum absolute atomic E-state index is 13.0. The Bertz CT molecular complexity index is 1130. The molecule has 7 nitrogen and oxygen atoms in total. The molecule has 0 saturated carbocycles. The molecule has 2 aromatic carbocycles. The molecule has 1 unspecified atom stereocenters. The molecule has 0 fully saturated rings. The molecule has 0 aliphatic carbocycles. The maximum atomic E-state index is 13.0. The average molecular weight is 482 g/mol. The first-order valence-corrected chi connectivity index (χ1v) is 12.1. The lowest BCUT2D eigenvalue weighted by Crippen LogP contribution is -2.47. The van der Waals surface area contributed by atoms with Crippen LogP contribution in [0.2, 0.25) is 0 Å². The van der Waals surface area contributed by atoms with Gasteiger partial charge in [-0.1, -0.05) is 36.4 Å². The van der Waals surface area contributed by atoms with E-state index in [1.54, 1.807) is 27.9 Å². The van der Waals surface area contributed by atoms with E-state index in [1.165, 1.54) is 11.8 Å². The second kappa shape index (κ2) is 11.4. The van der Waals surface area contributed by atoms with Crippen LogP contribution in [0.15, 0.2) is 60.7 Å². The van der Waals surface area contributed by atoms with E-state index in [-0.39, 0.29) is 6.54 Å². The molecule has 3 rings (SSSR count). The van der Waals surface area contributed by atoms with Gasteiger partial charge in [-0.3, -0.25) is 14.6 Å². The summed E-state index contributed by atoms with van der Waals surface area (Å²) in [4.78, 5) is 30.6. The van der Waals surface area contributed by atoms with Crippen LogP contribution in [0.3, 0.4) is 0 Å². The van der Waals surface area contributed by atoms with Gasteiger partial charge in [0.05, 0.1) is 23.7 Å². The third-order valence-electron chi connectivity index (χ3n) is 4.98. The van der Waals surface area contributed by atoms with Crippen LogP contribution >= 0.6 is 11.8 Å². The van der Waals surface area contributed by atoms with Gasteiger partial charge in [0.25, 0.3) is 0 Å². The summed E-state index contributed by atoms with van der Waals surface area (Å²) in [6.45, 7) is 5.53. The van der Waals surface area contributed by atoms with Crippen LogP contribution in [0, 0.1) is 5.92 Å². The highest BCUT2D eigenvalue weighted by Gasteiger charge is 2.36. The number of fused-ring (bicyclic) bond motifs is 1. The number of nitrogens with zero attached hydrogens (tertiary/aromatic N) is 1. The number of nitrogens with one attached hydrogen (secondary N) is 1. The lowest BCUT2D eigenvalue weighted by molar-refractivity contribution is -0.162. The van der Waals surface area contributed by atoms with Crippen molar-refractivity contribution >= 4 is 34.5 Å². The molecule has 1 heterocycles. The summed E-state index contributed by atoms with van der Waals surface area (Å²) < 4.78 is 10.7. The van der Waals surface area contributed by atoms with Gasteiger partial charge in [-0.15, -0.1) is 11.8 Å². The van der Waals surface area contributed by atoms with E-state index in [0.29, 0.717) is 5.75 Å². The predicted octanol–water partition coefficient (Wildman–Crippen LogP) is 4.04. The number of nitrogens with two attached hydrogens (primary N) is 1. The number of rotatable bonds is 9. The summed E-state index contributed by atoms with van der Waals surface area (Å²) in [6, 6.07) is 19.1. The molecular weight excluding hydrogens is 450 g/mol. The number of benzene rings is 2. The van der Waals surface area contributed by atoms with Crippen molar-refractivity contribution in [3.63, 3.8) is 0 Å². The molecule has 34 heavy (non-hydrogen) atoms. The highest BCUT2D eigenvalue weighted by molar-refractivity contribution is 7.99. The van der Waals surface area contributed by atoms with E-state index in [9.17, 15) is 9.59 Å². The minimum Gasteiger partial charge on any atom is -0.497 e. The second-order valence-corrected chi connectivity index (χ2v) is 10.0. The zero-order chi connectivity index (χ0) is 24.7. The van der Waals surface area contributed by atoms with Crippen molar-refractivity contribution in [2.45, 2.75) is 44.0 Å². The lowest BCUT2D eigenvalue weighted by atomic mass is 10.1. The topological polar surface area (TPSA) is 104 Å². The Hall–Kier alpha value is -3.10. The quantitative estimate of drug-likeness (QED) is 0.270. The third-order valence-corrected chi connectivity index (χ3v) is 6.10. The monoisotopic (exact) mass is 481 g/mol. The minimum absolute atomic E-state index is 0.256. The van der Waals surface area contributed by atoms with Crippen molar-refractivity contribution in [1.82, 2.24) is 10.3 Å². The van der Waals surface area contributed by atoms with E-state index in [2.05, 4.69) is 10.3 Å². The first kappa shape index (κ1) is 25.5. The number of thioether (sulfide) groups is 1. The number of esters is 1. The second-order valence-electron chi connectivity index (χ2n) is 8.85. The van der Waals surface area contributed by atoms with Gasteiger partial charge in [-0.25, -0.2) is 0 Å². The normalized spacial score (nSPS) is 13.2. The number of amides is 1. The molecule has 0 saturated heterocycles. The molecule has 180 valence electrons. The van der Waals surface area contributed by atoms with Crippen LogP contribution in [-0.4, -0.2) is 34.9 Å². The van der Waals surface area contributed by atoms with Gasteiger partial charge in [0.2, 0.25) is 5.91 Å². The van der Waals surface area contributed by atoms with Gasteiger partial charge in [-0.05, 0) is 50.6 Å². The molecule has 0 radical (unpaired) electrons. The number of aromatic nitrogens is 1. The summed E-state index contributed by atoms with van der Waals surface area (Å²) in [6.07, 6.45) is 0. The Kier molecular flexibility index (Phi) is 8.52. The van der Waals surface area contributed by atoms with Crippen LogP contribution in [0.1, 0.15) is 32.0 Å². The largest absolute Gasteiger partial charge is 0.497 e. The number of hydrogen-bond acceptors (Lipinski definition) is 7. The maximum Gasteiger partial charge on any atom is 0.321 e. The summed E-state index contributed by atoms with van der Waals surface area (Å²) >= 11 is 1.29. The number of para-hydroxylation sites is 1. The summed E-state index contributed by atoms with van der Waals surface area (Å²) in [5.41, 5.74) is 8.20. The van der Waals surface area contributed by atoms with E-state index in [1.807, 2.05) is 60.7 Å². The van der Waals surface area contributed by atoms with E-state index >= 15 is 0 Å². The van der Waals surface area contributed by atoms with E-state index in [0.717, 1.165) is 27.9 Å². The van der Waals surface area contributed by atoms with Crippen LogP contribution < -0.4 is 15.8 Å². The molecule has 0 aliphatic rings. The Labute approximate surface area is 204 Å². The molecule has 1 amide bonds. The number of ether oxygens (including phenoxy) is 2. The SMILES string of the molecule is COc1ccc(CNC(=O)[C@H](C(=O)OC(C)(C)C)C(N)SCc2ccc3ccccc3n2)cc1. The summed E-state index contributed by atoms with van der Waals surface area (Å²) in [7, 11) is 1.59. The van der Waals surface area contributed by atoms with Crippen molar-refractivity contribution in [2.75, 3.05) is 7.11 Å². The standard InChI is InChI=1S/C26H31N3O4S/c1-26(2,3)33-25(31)22(24(30)28-15-17-9-13-20(32-4)14-10-17)23(27)34-16-19-12-11-18-7-5-6-8-21(18)29-19/h5-14,22-23H,15-16,27H2,1-4H3,(H,28,30)/t22-,23?/m1/s1. The minimum atomic E-state index is -1.16. The van der Waals surface area contributed by atoms with Gasteiger partial charge in [0.15, 0.2) is 5.92 Å². The van der Waals surface area contributed by atoms with Gasteiger partial charge < -0.3 is 20.5 Å². The molecule has 0 bridgehead atoms. The van der Waals surface area contributed by atoms with Crippen molar-refractivity contribution < 1.29 is 19.1 Å². The number of carbonyl (C=O) groups excluding carboxylic acids is 2. The number of methoxy groups -OCH3 is 1. The van der Waals surface area contributed by atoms with Crippen molar-refractivity contribution in [2.24, 2.45) is 11.7 Å². The van der Waals surface area contributed by atoms with Gasteiger partial charge >= 0.3 is 5.97 Å². The third kappa shape index (κ3) is 7.20. The van der Waals surface area contributed by atoms with E-state index in [4.69, 9.17) is 15.2 Å². The molecule has 1 aromatic heterocycles. The first-order valence-electron chi connectivity index (χ1n) is 11.0. The van der Waals surface area contributed by atoms with Crippen molar-refractivity contribution in [3.05, 3.63) is 71.9 Å². The fourth-order valence-corrected chi connectivity index (χ4v) is 4.22. The number of carbonyl (C=O) groups is 2. The zero-order valence-electron chi connectivity index (χ0n) is 19.9. The predicted molar refractivity (Wildman–Crippen MR) is 135 cm³/mol. The molecular formula is C26H31N3O4S. The Morgan fingerprint density at radius 1 is 1.06 bits per heavy atom. The van der Waals surface area contributed by atoms with E-state index < -0.39 is 28.8 Å². The van der Waals surface area contributed by atoms with Crippen molar-refractivity contribution in [1.29, 1.82) is 0 Å². The smallest absolute Gasteiger partial charge is 0.321 e. The Balaban J connectivity index is 1.69. The fraction of sp³-hybridized carbons (Fsp3) is 0.346. The fourth-order valence-electron chi connectivity index (χ4n) is 3.26. The molecule has 3 N–H and O–H groups in total. The molecule has 0 spiro atoms. The van der Waals surface area contributed by atoms with Gasteiger partial charge in [-0.2, -0.15) is 0 Å². The Morgan fingerprint density at radius 3 is 2.44 bits per heavy atom. The van der Waals surface area contributed by atoms with Crippen molar-refractivity contribution in [3.8, 4) is 5.75 Å². The van der Waals surface area contributed by atoms with Gasteiger partial charge in [0.1, 0.15) is 11.4 Å². The lowest BCUT2D eigenvalue weighted by Gasteiger charge is -2.26. The highest BCUT2D eigenvalue weighted by atomic mass is 32.2. The molecule has 8 heteroatoms. The van der Waals surface area contributed by atoms with Crippen LogP contribution in [0.5, 0.6) is 5.75 Å². The average Bonchev–Trinajstić information content (AvgIpc) is 2.80. The number of pyridine rings is 1.